The molecule has 5 nitrogen and oxygen atoms in total. The number of fused-ring (bicyclic) bond motifs is 1. The van der Waals surface area contributed by atoms with Gasteiger partial charge in [0.05, 0.1) is 18.3 Å². The minimum absolute atomic E-state index is 0.126. The number of amides is 1. The van der Waals surface area contributed by atoms with Crippen LogP contribution in [0.25, 0.3) is 10.9 Å². The van der Waals surface area contributed by atoms with Gasteiger partial charge in [-0.25, -0.2) is 0 Å². The fourth-order valence-corrected chi connectivity index (χ4v) is 4.65. The molecule has 0 aliphatic carbocycles. The minimum atomic E-state index is -0.591. The second-order valence-corrected chi connectivity index (χ2v) is 9.92. The van der Waals surface area contributed by atoms with Gasteiger partial charge in [-0.1, -0.05) is 36.1 Å². The van der Waals surface area contributed by atoms with Gasteiger partial charge in [-0.3, -0.25) is 4.79 Å². The molecule has 4 N–H and O–H groups in total. The van der Waals surface area contributed by atoms with Gasteiger partial charge in [0.1, 0.15) is 5.75 Å². The van der Waals surface area contributed by atoms with Crippen molar-refractivity contribution in [1.82, 2.24) is 4.98 Å². The number of nitrogens with one attached hydrogen (secondary N) is 1. The fourth-order valence-electron chi connectivity index (χ4n) is 4.65. The van der Waals surface area contributed by atoms with Crippen LogP contribution in [-0.2, 0) is 6.42 Å². The van der Waals surface area contributed by atoms with Crippen LogP contribution >= 0.6 is 0 Å². The number of aryl methyl sites for hydroxylation is 3. The second kappa shape index (κ2) is 10.9. The normalized spacial score (nSPS) is 11.9. The van der Waals surface area contributed by atoms with Gasteiger partial charge in [0.15, 0.2) is 0 Å². The maximum atomic E-state index is 12.5. The summed E-state index contributed by atoms with van der Waals surface area (Å²) in [6.45, 7) is 9.87. The minimum Gasteiger partial charge on any atom is -0.490 e. The Morgan fingerprint density at radius 3 is 2.46 bits per heavy atom. The van der Waals surface area contributed by atoms with E-state index in [1.165, 1.54) is 11.1 Å². The highest BCUT2D eigenvalue weighted by molar-refractivity contribution is 5.96. The fraction of sp³-hybridized carbons (Fsp3) is 0.281. The zero-order chi connectivity index (χ0) is 26.7. The predicted molar refractivity (Wildman–Crippen MR) is 149 cm³/mol. The largest absolute Gasteiger partial charge is 0.490 e. The van der Waals surface area contributed by atoms with E-state index >= 15 is 0 Å². The summed E-state index contributed by atoms with van der Waals surface area (Å²) >= 11 is 0. The summed E-state index contributed by atoms with van der Waals surface area (Å²) in [5, 5.41) is 11.6. The summed E-state index contributed by atoms with van der Waals surface area (Å²) in [4.78, 5) is 15.8. The maximum Gasteiger partial charge on any atom is 0.252 e. The number of aliphatic hydroxyl groups is 1. The number of hydrogen-bond acceptors (Lipinski definition) is 3. The first-order valence-electron chi connectivity index (χ1n) is 12.6. The van der Waals surface area contributed by atoms with E-state index in [-0.39, 0.29) is 24.2 Å². The molecule has 37 heavy (non-hydrogen) atoms. The third-order valence-electron chi connectivity index (χ3n) is 6.72. The molecule has 190 valence electrons. The second-order valence-electron chi connectivity index (χ2n) is 9.92. The lowest BCUT2D eigenvalue weighted by atomic mass is 9.88. The smallest absolute Gasteiger partial charge is 0.252 e. The first kappa shape index (κ1) is 26.1. The Balaban J connectivity index is 1.84. The van der Waals surface area contributed by atoms with Crippen LogP contribution in [0.5, 0.6) is 5.75 Å². The Morgan fingerprint density at radius 1 is 1.03 bits per heavy atom. The monoisotopic (exact) mass is 494 g/mol. The number of aromatic nitrogens is 1. The van der Waals surface area contributed by atoms with Crippen molar-refractivity contribution < 1.29 is 14.6 Å². The SMILES string of the molecule is Cc1cc(C)c(C#Cc2cc(C(N)=O)c(OC(C)C)c([C@H](CO)Cc3c[nH]c4ccccc34)c2)cc1C. The quantitative estimate of drug-likeness (QED) is 0.288. The first-order valence-corrected chi connectivity index (χ1v) is 12.6. The number of para-hydroxylation sites is 1. The van der Waals surface area contributed by atoms with E-state index in [0.29, 0.717) is 17.7 Å². The van der Waals surface area contributed by atoms with Crippen LogP contribution in [0.4, 0.5) is 0 Å². The first-order chi connectivity index (χ1) is 17.7. The molecule has 0 unspecified atom stereocenters. The number of aliphatic hydroxyl groups excluding tert-OH is 1. The summed E-state index contributed by atoms with van der Waals surface area (Å²) in [5.41, 5.74) is 14.0. The maximum absolute atomic E-state index is 12.5. The van der Waals surface area contributed by atoms with Gasteiger partial charge in [-0.2, -0.15) is 0 Å². The number of hydrogen-bond donors (Lipinski definition) is 3. The van der Waals surface area contributed by atoms with E-state index in [9.17, 15) is 9.90 Å². The number of ether oxygens (including phenoxy) is 1. The van der Waals surface area contributed by atoms with E-state index in [4.69, 9.17) is 10.5 Å². The number of carbonyl (C=O) groups is 1. The Labute approximate surface area is 218 Å². The molecule has 0 aliphatic rings. The lowest BCUT2D eigenvalue weighted by Gasteiger charge is -2.23. The average molecular weight is 495 g/mol. The Morgan fingerprint density at radius 2 is 1.76 bits per heavy atom. The summed E-state index contributed by atoms with van der Waals surface area (Å²) in [6, 6.07) is 15.9. The van der Waals surface area contributed by atoms with Crippen molar-refractivity contribution >= 4 is 16.8 Å². The molecular weight excluding hydrogens is 460 g/mol. The van der Waals surface area contributed by atoms with Crippen molar-refractivity contribution in [1.29, 1.82) is 0 Å². The van der Waals surface area contributed by atoms with Crippen molar-refractivity contribution in [2.45, 2.75) is 53.1 Å². The van der Waals surface area contributed by atoms with Crippen LogP contribution in [0.1, 0.15) is 69.1 Å². The van der Waals surface area contributed by atoms with Gasteiger partial charge in [0.2, 0.25) is 0 Å². The summed E-state index contributed by atoms with van der Waals surface area (Å²) in [5.74, 6) is 6.00. The summed E-state index contributed by atoms with van der Waals surface area (Å²) in [6.07, 6.45) is 2.34. The highest BCUT2D eigenvalue weighted by Gasteiger charge is 2.24. The molecule has 4 aromatic rings. The standard InChI is InChI=1S/C32H34N2O3/c1-19(2)37-31-28(26(18-35)16-25-17-34-30-9-7-6-8-27(25)30)14-23(15-29(31)32(33)36)10-11-24-13-21(4)20(3)12-22(24)5/h6-9,12-15,17,19,26,34-35H,16,18H2,1-5H3,(H2,33,36)/t26-/m0/s1. The lowest BCUT2D eigenvalue weighted by molar-refractivity contribution is 0.0994. The van der Waals surface area contributed by atoms with Gasteiger partial charge >= 0.3 is 0 Å². The number of aromatic amines is 1. The van der Waals surface area contributed by atoms with Crippen molar-refractivity contribution in [3.8, 4) is 17.6 Å². The molecule has 0 radical (unpaired) electrons. The number of H-pyrrole nitrogens is 1. The molecular formula is C32H34N2O3. The number of carbonyl (C=O) groups excluding carboxylic acids is 1. The summed E-state index contributed by atoms with van der Waals surface area (Å²) < 4.78 is 6.13. The molecule has 0 saturated heterocycles. The molecule has 5 heteroatoms. The topological polar surface area (TPSA) is 88.3 Å². The molecule has 3 aromatic carbocycles. The van der Waals surface area contributed by atoms with Crippen LogP contribution < -0.4 is 10.5 Å². The van der Waals surface area contributed by atoms with Crippen LogP contribution in [0.15, 0.2) is 54.7 Å². The number of benzene rings is 3. The van der Waals surface area contributed by atoms with E-state index in [2.05, 4.69) is 48.9 Å². The zero-order valence-electron chi connectivity index (χ0n) is 22.1. The van der Waals surface area contributed by atoms with Crippen molar-refractivity contribution in [3.63, 3.8) is 0 Å². The highest BCUT2D eigenvalue weighted by atomic mass is 16.5. The number of primary amides is 1. The molecule has 1 amide bonds. The van der Waals surface area contributed by atoms with Gasteiger partial charge in [-0.15, -0.1) is 0 Å². The van der Waals surface area contributed by atoms with E-state index in [1.807, 2.05) is 51.2 Å². The van der Waals surface area contributed by atoms with Crippen molar-refractivity contribution in [2.24, 2.45) is 5.73 Å². The Kier molecular flexibility index (Phi) is 7.71. The molecule has 0 aliphatic heterocycles. The van der Waals surface area contributed by atoms with Gasteiger partial charge < -0.3 is 20.6 Å². The van der Waals surface area contributed by atoms with E-state index < -0.39 is 5.91 Å². The third kappa shape index (κ3) is 5.71. The number of nitrogens with two attached hydrogens (primary N) is 1. The van der Waals surface area contributed by atoms with Crippen molar-refractivity contribution in [3.05, 3.63) is 99.2 Å². The summed E-state index contributed by atoms with van der Waals surface area (Å²) in [7, 11) is 0. The van der Waals surface area contributed by atoms with Gasteiger partial charge in [0.25, 0.3) is 5.91 Å². The Bertz CT molecular complexity index is 1520. The van der Waals surface area contributed by atoms with E-state index in [1.54, 1.807) is 6.07 Å². The molecule has 1 heterocycles. The van der Waals surface area contributed by atoms with Crippen LogP contribution in [-0.4, -0.2) is 28.7 Å². The third-order valence-corrected chi connectivity index (χ3v) is 6.72. The molecule has 0 spiro atoms. The highest BCUT2D eigenvalue weighted by Crippen LogP contribution is 2.35. The van der Waals surface area contributed by atoms with E-state index in [0.717, 1.165) is 33.2 Å². The van der Waals surface area contributed by atoms with Crippen molar-refractivity contribution in [2.75, 3.05) is 6.61 Å². The van der Waals surface area contributed by atoms with Crippen LogP contribution in [0.3, 0.4) is 0 Å². The molecule has 0 fully saturated rings. The number of rotatable bonds is 7. The van der Waals surface area contributed by atoms with Gasteiger partial charge in [0, 0.05) is 39.7 Å². The molecule has 1 atom stereocenters. The van der Waals surface area contributed by atoms with Crippen LogP contribution in [0.2, 0.25) is 0 Å². The molecule has 4 rings (SSSR count). The average Bonchev–Trinajstić information content (AvgIpc) is 3.27. The predicted octanol–water partition coefficient (Wildman–Crippen LogP) is 5.70. The Hall–Kier alpha value is -4.01. The van der Waals surface area contributed by atoms with Gasteiger partial charge in [-0.05, 0) is 87.6 Å². The molecule has 1 aromatic heterocycles. The lowest BCUT2D eigenvalue weighted by Crippen LogP contribution is -2.19. The molecule has 0 bridgehead atoms. The zero-order valence-corrected chi connectivity index (χ0v) is 22.1. The van der Waals surface area contributed by atoms with Crippen LogP contribution in [0, 0.1) is 32.6 Å². The molecule has 0 saturated carbocycles.